The Bertz CT molecular complexity index is 1300. The van der Waals surface area contributed by atoms with Crippen LogP contribution in [0.1, 0.15) is 47.1 Å². The number of imide groups is 1. The molecule has 0 bridgehead atoms. The summed E-state index contributed by atoms with van der Waals surface area (Å²) >= 11 is 0. The normalized spacial score (nSPS) is 22.6. The van der Waals surface area contributed by atoms with Crippen LogP contribution in [0.3, 0.4) is 0 Å². The number of fused-ring (bicyclic) bond motifs is 1. The van der Waals surface area contributed by atoms with Crippen molar-refractivity contribution in [1.82, 2.24) is 14.8 Å². The number of hydrogen-bond donors (Lipinski definition) is 1. The molecule has 0 aliphatic carbocycles. The molecule has 1 N–H and O–H groups in total. The van der Waals surface area contributed by atoms with Crippen LogP contribution < -0.4 is 5.32 Å². The van der Waals surface area contributed by atoms with E-state index in [0.717, 1.165) is 46.5 Å². The Balaban J connectivity index is 1.37. The van der Waals surface area contributed by atoms with E-state index in [2.05, 4.69) is 9.88 Å². The lowest BCUT2D eigenvalue weighted by molar-refractivity contribution is -0.130. The van der Waals surface area contributed by atoms with Gasteiger partial charge in [-0.3, -0.25) is 14.5 Å². The molecule has 3 aromatic rings. The third kappa shape index (κ3) is 3.70. The number of carbonyl (C=O) groups excluding carboxylic acids is 3. The van der Waals surface area contributed by atoms with Crippen molar-refractivity contribution in [2.24, 2.45) is 0 Å². The molecule has 3 heterocycles. The van der Waals surface area contributed by atoms with Gasteiger partial charge in [-0.1, -0.05) is 36.4 Å². The van der Waals surface area contributed by atoms with Crippen LogP contribution >= 0.6 is 0 Å². The van der Waals surface area contributed by atoms with Crippen LogP contribution in [0, 0.1) is 13.8 Å². The van der Waals surface area contributed by atoms with Gasteiger partial charge in [0.2, 0.25) is 0 Å². The zero-order chi connectivity index (χ0) is 24.0. The van der Waals surface area contributed by atoms with Gasteiger partial charge >= 0.3 is 6.03 Å². The topological polar surface area (TPSA) is 80.6 Å². The summed E-state index contributed by atoms with van der Waals surface area (Å²) in [5.74, 6) is -0.674. The van der Waals surface area contributed by atoms with Crippen molar-refractivity contribution in [3.05, 3.63) is 71.0 Å². The third-order valence-electron chi connectivity index (χ3n) is 7.19. The molecule has 1 aromatic heterocycles. The zero-order valence-electron chi connectivity index (χ0n) is 19.8. The Labute approximate surface area is 198 Å². The van der Waals surface area contributed by atoms with Crippen LogP contribution in [-0.2, 0) is 21.6 Å². The number of ether oxygens (including phenoxy) is 1. The van der Waals surface area contributed by atoms with E-state index in [4.69, 9.17) is 4.74 Å². The van der Waals surface area contributed by atoms with Crippen LogP contribution in [0.25, 0.3) is 10.8 Å². The van der Waals surface area contributed by atoms with Gasteiger partial charge in [0, 0.05) is 30.1 Å². The maximum Gasteiger partial charge on any atom is 0.325 e. The lowest BCUT2D eigenvalue weighted by Crippen LogP contribution is -2.41. The molecule has 0 radical (unpaired) electrons. The number of aryl methyl sites for hydroxylation is 1. The molecule has 2 fully saturated rings. The van der Waals surface area contributed by atoms with Gasteiger partial charge in [-0.2, -0.15) is 0 Å². The van der Waals surface area contributed by atoms with Gasteiger partial charge in [-0.25, -0.2) is 4.79 Å². The molecule has 2 aliphatic rings. The maximum atomic E-state index is 13.4. The summed E-state index contributed by atoms with van der Waals surface area (Å²) in [6, 6.07) is 14.8. The van der Waals surface area contributed by atoms with Gasteiger partial charge < -0.3 is 14.6 Å². The van der Waals surface area contributed by atoms with Gasteiger partial charge in [-0.15, -0.1) is 0 Å². The number of ketones is 1. The molecule has 0 saturated carbocycles. The highest BCUT2D eigenvalue weighted by molar-refractivity contribution is 6.11. The average molecular weight is 460 g/mol. The summed E-state index contributed by atoms with van der Waals surface area (Å²) in [5, 5.41) is 4.85. The standard InChI is InChI=1S/C27H29N3O4/c1-17-13-23(18(2)29(17)15-22-9-6-12-34-22)24(31)16-30-25(32)27(3,28-26(30)33)21-11-10-19-7-4-5-8-20(19)14-21/h4-5,7-8,10-11,13-14,22H,6,9,12,15-16H2,1-3H3,(H,28,33). The number of aromatic nitrogens is 1. The predicted octanol–water partition coefficient (Wildman–Crippen LogP) is 4.09. The first kappa shape index (κ1) is 22.3. The molecule has 5 rings (SSSR count). The number of hydrogen-bond acceptors (Lipinski definition) is 4. The summed E-state index contributed by atoms with van der Waals surface area (Å²) in [6.07, 6.45) is 2.22. The first-order valence-corrected chi connectivity index (χ1v) is 11.7. The van der Waals surface area contributed by atoms with E-state index in [9.17, 15) is 14.4 Å². The predicted molar refractivity (Wildman–Crippen MR) is 129 cm³/mol. The van der Waals surface area contributed by atoms with Gasteiger partial charge in [-0.05, 0) is 62.1 Å². The van der Waals surface area contributed by atoms with E-state index in [1.165, 1.54) is 0 Å². The number of benzene rings is 2. The molecule has 7 heteroatoms. The maximum absolute atomic E-state index is 13.4. The molecule has 2 aromatic carbocycles. The summed E-state index contributed by atoms with van der Waals surface area (Å²) in [6.45, 7) is 6.74. The van der Waals surface area contributed by atoms with E-state index in [-0.39, 0.29) is 18.4 Å². The minimum absolute atomic E-state index is 0.154. The van der Waals surface area contributed by atoms with Crippen molar-refractivity contribution in [2.45, 2.75) is 51.8 Å². The Kier molecular flexibility index (Phi) is 5.52. The quantitative estimate of drug-likeness (QED) is 0.445. The number of amides is 3. The Morgan fingerprint density at radius 1 is 1.12 bits per heavy atom. The van der Waals surface area contributed by atoms with Crippen molar-refractivity contribution in [2.75, 3.05) is 13.2 Å². The molecule has 2 atom stereocenters. The van der Waals surface area contributed by atoms with E-state index in [1.54, 1.807) is 6.92 Å². The highest BCUT2D eigenvalue weighted by Gasteiger charge is 2.49. The molecule has 0 spiro atoms. The van der Waals surface area contributed by atoms with Gasteiger partial charge in [0.25, 0.3) is 5.91 Å². The molecule has 34 heavy (non-hydrogen) atoms. The fourth-order valence-electron chi connectivity index (χ4n) is 5.12. The van der Waals surface area contributed by atoms with Crippen molar-refractivity contribution < 1.29 is 19.1 Å². The molecular formula is C27H29N3O4. The van der Waals surface area contributed by atoms with Crippen molar-refractivity contribution in [3.8, 4) is 0 Å². The van der Waals surface area contributed by atoms with Gasteiger partial charge in [0.15, 0.2) is 5.78 Å². The number of nitrogens with zero attached hydrogens (tertiary/aromatic N) is 2. The summed E-state index contributed by atoms with van der Waals surface area (Å²) in [4.78, 5) is 40.5. The summed E-state index contributed by atoms with van der Waals surface area (Å²) in [5.41, 5.74) is 1.81. The van der Waals surface area contributed by atoms with Crippen molar-refractivity contribution >= 4 is 28.5 Å². The van der Waals surface area contributed by atoms with E-state index in [0.29, 0.717) is 17.7 Å². The third-order valence-corrected chi connectivity index (χ3v) is 7.19. The zero-order valence-corrected chi connectivity index (χ0v) is 19.8. The monoisotopic (exact) mass is 459 g/mol. The summed E-state index contributed by atoms with van der Waals surface area (Å²) < 4.78 is 7.84. The largest absolute Gasteiger partial charge is 0.376 e. The van der Waals surface area contributed by atoms with Crippen LogP contribution in [0.4, 0.5) is 4.79 Å². The SMILES string of the molecule is Cc1cc(C(=O)CN2C(=O)NC(C)(c3ccc4ccccc4c3)C2=O)c(C)n1CC1CCCO1. The molecule has 2 aliphatic heterocycles. The number of urea groups is 1. The van der Waals surface area contributed by atoms with Crippen molar-refractivity contribution in [1.29, 1.82) is 0 Å². The molecule has 176 valence electrons. The van der Waals surface area contributed by atoms with Gasteiger partial charge in [0.1, 0.15) is 5.54 Å². The molecule has 2 saturated heterocycles. The molecule has 7 nitrogen and oxygen atoms in total. The lowest BCUT2D eigenvalue weighted by atomic mass is 9.90. The minimum atomic E-state index is -1.22. The number of rotatable bonds is 6. The second-order valence-corrected chi connectivity index (χ2v) is 9.46. The highest BCUT2D eigenvalue weighted by Crippen LogP contribution is 2.31. The molecular weight excluding hydrogens is 430 g/mol. The van der Waals surface area contributed by atoms with Crippen molar-refractivity contribution in [3.63, 3.8) is 0 Å². The second kappa shape index (κ2) is 8.40. The first-order valence-electron chi connectivity index (χ1n) is 11.7. The Morgan fingerprint density at radius 2 is 1.88 bits per heavy atom. The van der Waals surface area contributed by atoms with E-state index in [1.807, 2.05) is 62.4 Å². The van der Waals surface area contributed by atoms with Gasteiger partial charge in [0.05, 0.1) is 12.6 Å². The van der Waals surface area contributed by atoms with E-state index >= 15 is 0 Å². The Morgan fingerprint density at radius 3 is 2.62 bits per heavy atom. The number of carbonyl (C=O) groups is 3. The van der Waals surface area contributed by atoms with Crippen LogP contribution in [0.5, 0.6) is 0 Å². The lowest BCUT2D eigenvalue weighted by Gasteiger charge is -2.22. The van der Waals surface area contributed by atoms with Crippen LogP contribution in [-0.4, -0.2) is 46.4 Å². The first-order chi connectivity index (χ1) is 16.3. The van der Waals surface area contributed by atoms with Crippen LogP contribution in [0.15, 0.2) is 48.5 Å². The molecule has 2 unspecified atom stereocenters. The average Bonchev–Trinajstić information content (AvgIpc) is 3.50. The fraction of sp³-hybridized carbons (Fsp3) is 0.370. The number of Topliss-reactive ketones (excluding diaryl/α,β-unsaturated/α-hetero) is 1. The second-order valence-electron chi connectivity index (χ2n) is 9.46. The fourth-order valence-corrected chi connectivity index (χ4v) is 5.12. The van der Waals surface area contributed by atoms with Crippen LogP contribution in [0.2, 0.25) is 0 Å². The van der Waals surface area contributed by atoms with E-state index < -0.39 is 17.5 Å². The molecule has 3 amide bonds. The smallest absolute Gasteiger partial charge is 0.325 e. The minimum Gasteiger partial charge on any atom is -0.376 e. The Hall–Kier alpha value is -3.45. The number of nitrogens with one attached hydrogen (secondary N) is 1. The summed E-state index contributed by atoms with van der Waals surface area (Å²) in [7, 11) is 0. The highest BCUT2D eigenvalue weighted by atomic mass is 16.5.